The first kappa shape index (κ1) is 14.6. The summed E-state index contributed by atoms with van der Waals surface area (Å²) in [5.41, 5.74) is 4.37. The minimum absolute atomic E-state index is 0.0574. The number of benzene rings is 2. The van der Waals surface area contributed by atoms with Gasteiger partial charge in [0.2, 0.25) is 0 Å². The summed E-state index contributed by atoms with van der Waals surface area (Å²) < 4.78 is 5.18. The molecule has 22 heavy (non-hydrogen) atoms. The Morgan fingerprint density at radius 2 is 1.86 bits per heavy atom. The van der Waals surface area contributed by atoms with Crippen molar-refractivity contribution in [2.75, 3.05) is 19.0 Å². The van der Waals surface area contributed by atoms with E-state index < -0.39 is 0 Å². The smallest absolute Gasteiger partial charge is 0.322 e. The molecule has 0 aliphatic carbocycles. The Labute approximate surface area is 130 Å². The van der Waals surface area contributed by atoms with Crippen LogP contribution in [0.2, 0.25) is 0 Å². The zero-order valence-electron chi connectivity index (χ0n) is 12.7. The van der Waals surface area contributed by atoms with Crippen molar-refractivity contribution in [1.29, 1.82) is 0 Å². The van der Waals surface area contributed by atoms with E-state index in [1.54, 1.807) is 7.11 Å². The van der Waals surface area contributed by atoms with Crippen molar-refractivity contribution < 1.29 is 9.53 Å². The molecule has 1 N–H and O–H groups in total. The topological polar surface area (TPSA) is 41.6 Å². The number of nitrogens with one attached hydrogen (secondary N) is 1. The summed E-state index contributed by atoms with van der Waals surface area (Å²) >= 11 is 0. The molecule has 0 fully saturated rings. The van der Waals surface area contributed by atoms with Crippen LogP contribution in [0, 0.1) is 0 Å². The molecular weight excluding hydrogens is 276 g/mol. The highest BCUT2D eigenvalue weighted by Crippen LogP contribution is 2.21. The molecule has 4 heteroatoms. The second kappa shape index (κ2) is 6.62. The highest BCUT2D eigenvalue weighted by atomic mass is 16.5. The summed E-state index contributed by atoms with van der Waals surface area (Å²) in [7, 11) is 1.65. The fourth-order valence-corrected chi connectivity index (χ4v) is 2.79. The lowest BCUT2D eigenvalue weighted by Crippen LogP contribution is -2.39. The lowest BCUT2D eigenvalue weighted by Gasteiger charge is -2.29. The summed E-state index contributed by atoms with van der Waals surface area (Å²) in [5.74, 6) is 0. The Morgan fingerprint density at radius 3 is 2.68 bits per heavy atom. The number of hydrogen-bond donors (Lipinski definition) is 1. The van der Waals surface area contributed by atoms with E-state index in [1.165, 1.54) is 11.1 Å². The van der Waals surface area contributed by atoms with Gasteiger partial charge in [0.05, 0.1) is 6.61 Å². The van der Waals surface area contributed by atoms with Crippen LogP contribution in [-0.2, 0) is 24.3 Å². The van der Waals surface area contributed by atoms with Crippen molar-refractivity contribution in [3.63, 3.8) is 0 Å². The molecule has 0 saturated carbocycles. The molecule has 2 aromatic carbocycles. The van der Waals surface area contributed by atoms with Gasteiger partial charge < -0.3 is 15.0 Å². The molecule has 2 amide bonds. The Bertz CT molecular complexity index is 670. The van der Waals surface area contributed by atoms with Crippen LogP contribution in [0.4, 0.5) is 10.5 Å². The predicted octanol–water partition coefficient (Wildman–Crippen LogP) is 3.42. The molecule has 0 saturated heterocycles. The third kappa shape index (κ3) is 3.12. The van der Waals surface area contributed by atoms with E-state index in [4.69, 9.17) is 4.74 Å². The standard InChI is InChI=1S/C18H20N2O2/c1-22-13-16-8-4-5-9-17(16)19-18(21)20-11-10-14-6-2-3-7-15(14)12-20/h2-9H,10-13H2,1H3,(H,19,21). The van der Waals surface area contributed by atoms with Crippen molar-refractivity contribution >= 4 is 11.7 Å². The summed E-state index contributed by atoms with van der Waals surface area (Å²) in [6.45, 7) is 1.89. The molecule has 0 aromatic heterocycles. The third-order valence-corrected chi connectivity index (χ3v) is 3.98. The van der Waals surface area contributed by atoms with Gasteiger partial charge in [-0.2, -0.15) is 0 Å². The number of anilines is 1. The van der Waals surface area contributed by atoms with Crippen molar-refractivity contribution in [1.82, 2.24) is 4.90 Å². The summed E-state index contributed by atoms with van der Waals surface area (Å²) in [6.07, 6.45) is 0.906. The van der Waals surface area contributed by atoms with Gasteiger partial charge in [0.15, 0.2) is 0 Å². The maximum Gasteiger partial charge on any atom is 0.322 e. The van der Waals surface area contributed by atoms with E-state index in [0.29, 0.717) is 13.2 Å². The molecule has 1 heterocycles. The second-order valence-corrected chi connectivity index (χ2v) is 5.46. The number of urea groups is 1. The number of fused-ring (bicyclic) bond motifs is 1. The van der Waals surface area contributed by atoms with Crippen molar-refractivity contribution in [3.8, 4) is 0 Å². The minimum atomic E-state index is -0.0574. The third-order valence-electron chi connectivity index (χ3n) is 3.98. The van der Waals surface area contributed by atoms with Gasteiger partial charge in [-0.25, -0.2) is 4.79 Å². The molecule has 0 unspecified atom stereocenters. The molecule has 3 rings (SSSR count). The van der Waals surface area contributed by atoms with E-state index in [2.05, 4.69) is 23.5 Å². The van der Waals surface area contributed by atoms with Crippen LogP contribution < -0.4 is 5.32 Å². The Balaban J connectivity index is 1.71. The molecule has 1 aliphatic heterocycles. The zero-order valence-corrected chi connectivity index (χ0v) is 12.7. The fourth-order valence-electron chi connectivity index (χ4n) is 2.79. The lowest BCUT2D eigenvalue weighted by molar-refractivity contribution is 0.185. The number of ether oxygens (including phenoxy) is 1. The minimum Gasteiger partial charge on any atom is -0.380 e. The molecule has 0 bridgehead atoms. The van der Waals surface area contributed by atoms with Gasteiger partial charge in [-0.15, -0.1) is 0 Å². The quantitative estimate of drug-likeness (QED) is 0.943. The Hall–Kier alpha value is -2.33. The van der Waals surface area contributed by atoms with Crippen LogP contribution in [0.25, 0.3) is 0 Å². The average Bonchev–Trinajstić information content (AvgIpc) is 2.56. The fraction of sp³-hybridized carbons (Fsp3) is 0.278. The summed E-state index contributed by atoms with van der Waals surface area (Å²) in [4.78, 5) is 14.4. The maximum absolute atomic E-state index is 12.5. The van der Waals surface area contributed by atoms with Crippen LogP contribution in [0.5, 0.6) is 0 Å². The number of nitrogens with zero attached hydrogens (tertiary/aromatic N) is 1. The number of amides is 2. The van der Waals surface area contributed by atoms with Crippen molar-refractivity contribution in [2.45, 2.75) is 19.6 Å². The summed E-state index contributed by atoms with van der Waals surface area (Å²) in [6, 6.07) is 16.0. The normalized spacial score (nSPS) is 13.6. The Kier molecular flexibility index (Phi) is 4.39. The van der Waals surface area contributed by atoms with Crippen LogP contribution >= 0.6 is 0 Å². The number of para-hydroxylation sites is 1. The van der Waals surface area contributed by atoms with Crippen LogP contribution in [0.1, 0.15) is 16.7 Å². The van der Waals surface area contributed by atoms with Gasteiger partial charge in [0.25, 0.3) is 0 Å². The van der Waals surface area contributed by atoms with Crippen LogP contribution in [0.15, 0.2) is 48.5 Å². The van der Waals surface area contributed by atoms with E-state index in [-0.39, 0.29) is 6.03 Å². The van der Waals surface area contributed by atoms with E-state index >= 15 is 0 Å². The average molecular weight is 296 g/mol. The molecule has 0 spiro atoms. The van der Waals surface area contributed by atoms with Gasteiger partial charge in [-0.3, -0.25) is 0 Å². The first-order chi connectivity index (χ1) is 10.8. The van der Waals surface area contributed by atoms with Gasteiger partial charge in [-0.05, 0) is 23.6 Å². The van der Waals surface area contributed by atoms with Crippen LogP contribution in [-0.4, -0.2) is 24.6 Å². The first-order valence-corrected chi connectivity index (χ1v) is 7.47. The number of methoxy groups -OCH3 is 1. The predicted molar refractivity (Wildman–Crippen MR) is 86.7 cm³/mol. The monoisotopic (exact) mass is 296 g/mol. The van der Waals surface area contributed by atoms with Crippen molar-refractivity contribution in [2.24, 2.45) is 0 Å². The number of rotatable bonds is 3. The highest BCUT2D eigenvalue weighted by molar-refractivity contribution is 5.90. The molecule has 1 aliphatic rings. The van der Waals surface area contributed by atoms with Gasteiger partial charge in [0.1, 0.15) is 0 Å². The largest absolute Gasteiger partial charge is 0.380 e. The number of hydrogen-bond acceptors (Lipinski definition) is 2. The van der Waals surface area contributed by atoms with Gasteiger partial charge >= 0.3 is 6.03 Å². The molecule has 4 nitrogen and oxygen atoms in total. The lowest BCUT2D eigenvalue weighted by atomic mass is 10.0. The van der Waals surface area contributed by atoms with E-state index in [0.717, 1.165) is 24.2 Å². The maximum atomic E-state index is 12.5. The van der Waals surface area contributed by atoms with Gasteiger partial charge in [0, 0.05) is 31.5 Å². The number of carbonyl (C=O) groups is 1. The molecule has 114 valence electrons. The van der Waals surface area contributed by atoms with Crippen molar-refractivity contribution in [3.05, 3.63) is 65.2 Å². The Morgan fingerprint density at radius 1 is 1.14 bits per heavy atom. The first-order valence-electron chi connectivity index (χ1n) is 7.47. The molecule has 0 atom stereocenters. The van der Waals surface area contributed by atoms with E-state index in [9.17, 15) is 4.79 Å². The molecule has 2 aromatic rings. The van der Waals surface area contributed by atoms with Crippen LogP contribution in [0.3, 0.4) is 0 Å². The zero-order chi connectivity index (χ0) is 15.4. The number of carbonyl (C=O) groups excluding carboxylic acids is 1. The molecule has 0 radical (unpaired) electrons. The highest BCUT2D eigenvalue weighted by Gasteiger charge is 2.20. The molecular formula is C18H20N2O2. The van der Waals surface area contributed by atoms with Gasteiger partial charge in [-0.1, -0.05) is 42.5 Å². The summed E-state index contributed by atoms with van der Waals surface area (Å²) in [5, 5.41) is 3.00. The SMILES string of the molecule is COCc1ccccc1NC(=O)N1CCc2ccccc2C1. The van der Waals surface area contributed by atoms with E-state index in [1.807, 2.05) is 35.2 Å². The second-order valence-electron chi connectivity index (χ2n) is 5.46.